The lowest BCUT2D eigenvalue weighted by molar-refractivity contribution is 0.159. The molecule has 0 aromatic carbocycles. The second-order valence-corrected chi connectivity index (χ2v) is 6.68. The smallest absolute Gasteiger partial charge is 0.113 e. The molecule has 0 fully saturated rings. The predicted molar refractivity (Wildman–Crippen MR) is 80.9 cm³/mol. The van der Waals surface area contributed by atoms with Gasteiger partial charge in [0, 0.05) is 18.6 Å². The monoisotopic (exact) mass is 282 g/mol. The van der Waals surface area contributed by atoms with E-state index >= 15 is 0 Å². The average Bonchev–Trinajstić information content (AvgIpc) is 2.87. The van der Waals surface area contributed by atoms with Gasteiger partial charge in [0.25, 0.3) is 0 Å². The molecular formula is C15H26N2OS. The van der Waals surface area contributed by atoms with Crippen molar-refractivity contribution in [1.29, 1.82) is 0 Å². The molecule has 1 atom stereocenters. The Morgan fingerprint density at radius 2 is 2.16 bits per heavy atom. The Labute approximate surface area is 120 Å². The van der Waals surface area contributed by atoms with Crippen molar-refractivity contribution in [3.63, 3.8) is 0 Å². The number of rotatable bonds is 7. The first-order valence-electron chi connectivity index (χ1n) is 7.42. The Morgan fingerprint density at radius 1 is 1.37 bits per heavy atom. The number of thiazole rings is 1. The number of ether oxygens (including phenoxy) is 1. The number of nitrogens with zero attached hydrogens (tertiary/aromatic N) is 1. The molecule has 1 aromatic rings. The van der Waals surface area contributed by atoms with Crippen molar-refractivity contribution in [2.24, 2.45) is 0 Å². The lowest BCUT2D eigenvalue weighted by Gasteiger charge is -2.28. The summed E-state index contributed by atoms with van der Waals surface area (Å²) in [4.78, 5) is 6.45. The molecule has 19 heavy (non-hydrogen) atoms. The third-order valence-electron chi connectivity index (χ3n) is 3.89. The summed E-state index contributed by atoms with van der Waals surface area (Å²) in [5.41, 5.74) is 1.32. The molecule has 0 bridgehead atoms. The van der Waals surface area contributed by atoms with Crippen LogP contribution >= 0.6 is 11.3 Å². The summed E-state index contributed by atoms with van der Waals surface area (Å²) in [6.45, 7) is 6.28. The Hall–Kier alpha value is -0.450. The molecule has 1 heterocycles. The lowest BCUT2D eigenvalue weighted by Crippen LogP contribution is -2.41. The highest BCUT2D eigenvalue weighted by molar-refractivity contribution is 7.11. The third kappa shape index (κ3) is 3.56. The van der Waals surface area contributed by atoms with Crippen molar-refractivity contribution >= 4 is 11.3 Å². The molecule has 3 nitrogen and oxygen atoms in total. The van der Waals surface area contributed by atoms with Gasteiger partial charge in [0.05, 0.1) is 11.2 Å². The fraction of sp³-hybridized carbons (Fsp3) is 0.800. The Bertz CT molecular complexity index is 371. The average molecular weight is 282 g/mol. The summed E-state index contributed by atoms with van der Waals surface area (Å²) in [7, 11) is 1.77. The van der Waals surface area contributed by atoms with Crippen LogP contribution in [-0.2, 0) is 23.1 Å². The van der Waals surface area contributed by atoms with E-state index in [9.17, 15) is 0 Å². The maximum atomic E-state index is 5.28. The van der Waals surface area contributed by atoms with Crippen LogP contribution < -0.4 is 5.32 Å². The van der Waals surface area contributed by atoms with Gasteiger partial charge in [-0.05, 0) is 52.0 Å². The van der Waals surface area contributed by atoms with Crippen LogP contribution in [0.25, 0.3) is 0 Å². The number of aromatic nitrogens is 1. The minimum Gasteiger partial charge on any atom is -0.385 e. The van der Waals surface area contributed by atoms with E-state index in [1.807, 2.05) is 11.3 Å². The van der Waals surface area contributed by atoms with Crippen LogP contribution in [0.4, 0.5) is 0 Å². The van der Waals surface area contributed by atoms with Gasteiger partial charge in [-0.15, -0.1) is 11.3 Å². The first-order valence-corrected chi connectivity index (χ1v) is 8.24. The zero-order chi connectivity index (χ0) is 13.7. The van der Waals surface area contributed by atoms with E-state index in [4.69, 9.17) is 9.72 Å². The van der Waals surface area contributed by atoms with Crippen LogP contribution in [0.5, 0.6) is 0 Å². The fourth-order valence-electron chi connectivity index (χ4n) is 2.57. The Kier molecular flexibility index (Phi) is 5.37. The number of hydrogen-bond donors (Lipinski definition) is 1. The highest BCUT2D eigenvalue weighted by Gasteiger charge is 2.30. The van der Waals surface area contributed by atoms with Crippen LogP contribution in [0.1, 0.15) is 55.1 Å². The molecule has 1 N–H and O–H groups in total. The van der Waals surface area contributed by atoms with E-state index in [1.54, 1.807) is 7.11 Å². The van der Waals surface area contributed by atoms with E-state index in [0.717, 1.165) is 26.0 Å². The van der Waals surface area contributed by atoms with Crippen LogP contribution in [-0.4, -0.2) is 25.2 Å². The molecule has 0 saturated heterocycles. The van der Waals surface area contributed by atoms with Gasteiger partial charge in [0.2, 0.25) is 0 Å². The van der Waals surface area contributed by atoms with E-state index < -0.39 is 0 Å². The zero-order valence-electron chi connectivity index (χ0n) is 12.4. The highest BCUT2D eigenvalue weighted by Crippen LogP contribution is 2.34. The number of hydrogen-bond acceptors (Lipinski definition) is 4. The number of methoxy groups -OCH3 is 1. The van der Waals surface area contributed by atoms with Gasteiger partial charge in [0.1, 0.15) is 5.01 Å². The zero-order valence-corrected chi connectivity index (χ0v) is 13.2. The molecule has 4 heteroatoms. The minimum atomic E-state index is -0.0337. The maximum absolute atomic E-state index is 5.28. The maximum Gasteiger partial charge on any atom is 0.113 e. The Balaban J connectivity index is 2.18. The molecule has 0 saturated carbocycles. The van der Waals surface area contributed by atoms with Crippen molar-refractivity contribution in [3.8, 4) is 0 Å². The molecule has 0 aliphatic heterocycles. The van der Waals surface area contributed by atoms with E-state index in [2.05, 4.69) is 19.2 Å². The largest absolute Gasteiger partial charge is 0.385 e. The van der Waals surface area contributed by atoms with Gasteiger partial charge in [-0.1, -0.05) is 6.92 Å². The quantitative estimate of drug-likeness (QED) is 0.833. The molecule has 108 valence electrons. The number of aryl methyl sites for hydroxylation is 2. The van der Waals surface area contributed by atoms with E-state index in [-0.39, 0.29) is 5.54 Å². The summed E-state index contributed by atoms with van der Waals surface area (Å²) >= 11 is 1.91. The molecule has 2 rings (SSSR count). The molecule has 1 aromatic heterocycles. The standard InChI is InChI=1S/C15H26N2OS/c1-4-10-16-15(2,9-11-18-3)14-17-12-7-5-6-8-13(12)19-14/h16H,4-11H2,1-3H3. The van der Waals surface area contributed by atoms with Gasteiger partial charge < -0.3 is 10.1 Å². The summed E-state index contributed by atoms with van der Waals surface area (Å²) in [5, 5.41) is 4.93. The summed E-state index contributed by atoms with van der Waals surface area (Å²) in [5.74, 6) is 0. The number of nitrogens with one attached hydrogen (secondary N) is 1. The van der Waals surface area contributed by atoms with Gasteiger partial charge >= 0.3 is 0 Å². The normalized spacial score (nSPS) is 18.1. The molecule has 0 amide bonds. The summed E-state index contributed by atoms with van der Waals surface area (Å²) in [6.07, 6.45) is 7.14. The van der Waals surface area contributed by atoms with Crippen molar-refractivity contribution in [3.05, 3.63) is 15.6 Å². The SMILES string of the molecule is CCCNC(C)(CCOC)c1nc2c(s1)CCCC2. The topological polar surface area (TPSA) is 34.1 Å². The molecular weight excluding hydrogens is 256 g/mol. The minimum absolute atomic E-state index is 0.0337. The van der Waals surface area contributed by atoms with Crippen LogP contribution in [0.15, 0.2) is 0 Å². The van der Waals surface area contributed by atoms with Crippen molar-refractivity contribution < 1.29 is 4.74 Å². The predicted octanol–water partition coefficient (Wildman–Crippen LogP) is 3.27. The highest BCUT2D eigenvalue weighted by atomic mass is 32.1. The third-order valence-corrected chi connectivity index (χ3v) is 5.31. The Morgan fingerprint density at radius 3 is 2.84 bits per heavy atom. The molecule has 1 aliphatic rings. The van der Waals surface area contributed by atoms with Crippen molar-refractivity contribution in [1.82, 2.24) is 10.3 Å². The van der Waals surface area contributed by atoms with Crippen LogP contribution in [0.3, 0.4) is 0 Å². The summed E-state index contributed by atoms with van der Waals surface area (Å²) < 4.78 is 5.28. The second kappa shape index (κ2) is 6.82. The fourth-order valence-corrected chi connectivity index (χ4v) is 3.87. The molecule has 1 unspecified atom stereocenters. The van der Waals surface area contributed by atoms with Gasteiger partial charge in [0.15, 0.2) is 0 Å². The number of fused-ring (bicyclic) bond motifs is 1. The summed E-state index contributed by atoms with van der Waals surface area (Å²) in [6, 6.07) is 0. The van der Waals surface area contributed by atoms with Gasteiger partial charge in [-0.25, -0.2) is 4.98 Å². The first-order chi connectivity index (χ1) is 9.19. The molecule has 0 radical (unpaired) electrons. The second-order valence-electron chi connectivity index (χ2n) is 5.60. The first kappa shape index (κ1) is 14.9. The molecule has 1 aliphatic carbocycles. The van der Waals surface area contributed by atoms with E-state index in [1.165, 1.54) is 41.3 Å². The van der Waals surface area contributed by atoms with Crippen molar-refractivity contribution in [2.75, 3.05) is 20.3 Å². The van der Waals surface area contributed by atoms with Crippen molar-refractivity contribution in [2.45, 2.75) is 57.9 Å². The molecule has 0 spiro atoms. The van der Waals surface area contributed by atoms with Crippen LogP contribution in [0.2, 0.25) is 0 Å². The van der Waals surface area contributed by atoms with Crippen LogP contribution in [0, 0.1) is 0 Å². The van der Waals surface area contributed by atoms with Gasteiger partial charge in [-0.3, -0.25) is 0 Å². The van der Waals surface area contributed by atoms with Gasteiger partial charge in [-0.2, -0.15) is 0 Å². The lowest BCUT2D eigenvalue weighted by atomic mass is 9.98. The van der Waals surface area contributed by atoms with E-state index in [0.29, 0.717) is 0 Å².